The van der Waals surface area contributed by atoms with Gasteiger partial charge in [0.15, 0.2) is 12.3 Å². The molecule has 1 aromatic heterocycles. The number of hydrogen-bond donors (Lipinski definition) is 2. The van der Waals surface area contributed by atoms with Crippen molar-refractivity contribution >= 4 is 17.8 Å². The molecule has 342 valence electrons. The fourth-order valence-electron chi connectivity index (χ4n) is 8.29. The highest BCUT2D eigenvalue weighted by Crippen LogP contribution is 2.31. The third-order valence-corrected chi connectivity index (χ3v) is 12.1. The third kappa shape index (κ3) is 26.5. The summed E-state index contributed by atoms with van der Waals surface area (Å²) in [4.78, 5) is 41.9. The van der Waals surface area contributed by atoms with Crippen LogP contribution in [-0.4, -0.2) is 51.5 Å². The summed E-state index contributed by atoms with van der Waals surface area (Å²) in [5.41, 5.74) is 4.97. The first-order valence-electron chi connectivity index (χ1n) is 24.9. The quantitative estimate of drug-likeness (QED) is 0.0488. The van der Waals surface area contributed by atoms with Crippen molar-refractivity contribution in [1.82, 2.24) is 9.55 Å². The van der Waals surface area contributed by atoms with Crippen LogP contribution in [0.2, 0.25) is 0 Å². The van der Waals surface area contributed by atoms with E-state index in [9.17, 15) is 19.5 Å². The summed E-state index contributed by atoms with van der Waals surface area (Å²) in [6.07, 6.45) is 40.5. The number of unbranched alkanes of at least 4 members (excludes halogenated alkanes) is 32. The number of carbonyl (C=O) groups is 2. The second-order valence-electron chi connectivity index (χ2n) is 17.5. The van der Waals surface area contributed by atoms with Gasteiger partial charge in [-0.3, -0.25) is 14.2 Å². The van der Waals surface area contributed by atoms with E-state index in [1.54, 1.807) is 0 Å². The highest BCUT2D eigenvalue weighted by atomic mass is 16.6. The van der Waals surface area contributed by atoms with Gasteiger partial charge < -0.3 is 25.1 Å². The molecule has 59 heavy (non-hydrogen) atoms. The number of nitrogens with zero attached hydrogens (tertiary/aromatic N) is 2. The molecule has 0 saturated carbocycles. The molecule has 1 saturated heterocycles. The van der Waals surface area contributed by atoms with Crippen molar-refractivity contribution in [1.29, 1.82) is 0 Å². The van der Waals surface area contributed by atoms with Crippen LogP contribution in [-0.2, 0) is 23.8 Å². The minimum atomic E-state index is -1.36. The van der Waals surface area contributed by atoms with Crippen LogP contribution in [0.3, 0.4) is 0 Å². The van der Waals surface area contributed by atoms with Crippen molar-refractivity contribution in [2.45, 2.75) is 270 Å². The molecule has 10 nitrogen and oxygen atoms in total. The van der Waals surface area contributed by atoms with Crippen LogP contribution < -0.4 is 11.4 Å². The average molecular weight is 832 g/mol. The molecule has 2 heterocycles. The van der Waals surface area contributed by atoms with Gasteiger partial charge in [0.1, 0.15) is 24.6 Å². The van der Waals surface area contributed by atoms with Gasteiger partial charge in [0.05, 0.1) is 0 Å². The molecule has 10 heteroatoms. The van der Waals surface area contributed by atoms with Gasteiger partial charge in [-0.05, 0) is 18.9 Å². The number of hydrogen-bond acceptors (Lipinski definition) is 9. The highest BCUT2D eigenvalue weighted by molar-refractivity contribution is 5.70. The van der Waals surface area contributed by atoms with Crippen LogP contribution in [0.4, 0.5) is 5.82 Å². The van der Waals surface area contributed by atoms with E-state index in [4.69, 9.17) is 19.9 Å². The van der Waals surface area contributed by atoms with Crippen LogP contribution >= 0.6 is 0 Å². The normalized spacial score (nSPS) is 17.7. The van der Waals surface area contributed by atoms with Crippen LogP contribution in [0.5, 0.6) is 0 Å². The molecule has 0 radical (unpaired) electrons. The molecule has 1 aliphatic heterocycles. The standard InChI is InChI=1S/C49H89N3O7/c1-3-5-7-9-11-13-15-17-19-21-23-25-27-29-31-33-35-37-44(53)57-41-42-47(46(55)48(58-42)52-40-39-43(50)51-49(52)56)59-45(54)38-36-34-32-30-28-26-24-22-20-18-16-14-12-10-8-6-4-2/h39-40,42,46-48,55H,3-38,41H2,1-2H3,(H2,50,51,56)/t42-,46+,47-,48-/m1/s1. The number of esters is 2. The first-order chi connectivity index (χ1) is 28.9. The maximum absolute atomic E-state index is 12.9. The molecule has 3 N–H and O–H groups in total. The monoisotopic (exact) mass is 832 g/mol. The van der Waals surface area contributed by atoms with Gasteiger partial charge in [-0.1, -0.05) is 219 Å². The first-order valence-corrected chi connectivity index (χ1v) is 24.9. The Morgan fingerprint density at radius 1 is 0.610 bits per heavy atom. The van der Waals surface area contributed by atoms with Gasteiger partial charge in [0, 0.05) is 19.0 Å². The molecule has 4 atom stereocenters. The fraction of sp³-hybridized carbons (Fsp3) is 0.878. The lowest BCUT2D eigenvalue weighted by molar-refractivity contribution is -0.160. The smallest absolute Gasteiger partial charge is 0.351 e. The van der Waals surface area contributed by atoms with Crippen molar-refractivity contribution in [3.05, 3.63) is 22.7 Å². The maximum Gasteiger partial charge on any atom is 0.351 e. The Hall–Kier alpha value is -2.46. The van der Waals surface area contributed by atoms with Crippen LogP contribution in [0.1, 0.15) is 251 Å². The first kappa shape index (κ1) is 52.7. The largest absolute Gasteiger partial charge is 0.463 e. The number of aliphatic hydroxyl groups excluding tert-OH is 1. The lowest BCUT2D eigenvalue weighted by atomic mass is 10.0. The van der Waals surface area contributed by atoms with Crippen LogP contribution in [0, 0.1) is 0 Å². The predicted molar refractivity (Wildman–Crippen MR) is 241 cm³/mol. The molecule has 0 aromatic carbocycles. The van der Waals surface area contributed by atoms with Gasteiger partial charge in [-0.15, -0.1) is 0 Å². The highest BCUT2D eigenvalue weighted by Gasteiger charge is 2.48. The Morgan fingerprint density at radius 3 is 1.34 bits per heavy atom. The van der Waals surface area contributed by atoms with Crippen LogP contribution in [0.25, 0.3) is 0 Å². The number of ether oxygens (including phenoxy) is 3. The SMILES string of the molecule is CCCCCCCCCCCCCCCCCCCC(=O)OC[C@H]1O[C@@H](n2ccc(N)nc2=O)[C@@H](O)[C@@H]1OC(=O)CCCCCCCCCCCCCCCCCCC. The lowest BCUT2D eigenvalue weighted by Crippen LogP contribution is -2.39. The summed E-state index contributed by atoms with van der Waals surface area (Å²) >= 11 is 0. The van der Waals surface area contributed by atoms with Gasteiger partial charge >= 0.3 is 17.6 Å². The van der Waals surface area contributed by atoms with Gasteiger partial charge in [0.2, 0.25) is 0 Å². The fourth-order valence-corrected chi connectivity index (χ4v) is 8.29. The van der Waals surface area contributed by atoms with E-state index in [0.717, 1.165) is 36.7 Å². The molecular weight excluding hydrogens is 743 g/mol. The summed E-state index contributed by atoms with van der Waals surface area (Å²) in [5, 5.41) is 11.2. The molecular formula is C49H89N3O7. The molecule has 0 amide bonds. The van der Waals surface area contributed by atoms with Crippen molar-refractivity contribution < 1.29 is 28.9 Å². The van der Waals surface area contributed by atoms with Crippen molar-refractivity contribution in [3.63, 3.8) is 0 Å². The van der Waals surface area contributed by atoms with E-state index < -0.39 is 36.2 Å². The summed E-state index contributed by atoms with van der Waals surface area (Å²) in [7, 11) is 0. The number of aromatic nitrogens is 2. The summed E-state index contributed by atoms with van der Waals surface area (Å²) in [5.74, 6) is -0.750. The molecule has 2 rings (SSSR count). The zero-order valence-corrected chi connectivity index (χ0v) is 38.0. The second kappa shape index (κ2) is 36.2. The number of aliphatic hydroxyl groups is 1. The molecule has 1 aromatic rings. The summed E-state index contributed by atoms with van der Waals surface area (Å²) in [6, 6.07) is 1.43. The maximum atomic E-state index is 12.9. The number of rotatable bonds is 40. The lowest BCUT2D eigenvalue weighted by Gasteiger charge is -2.21. The molecule has 0 spiro atoms. The topological polar surface area (TPSA) is 143 Å². The summed E-state index contributed by atoms with van der Waals surface area (Å²) < 4.78 is 18.4. The average Bonchev–Trinajstić information content (AvgIpc) is 3.52. The van der Waals surface area contributed by atoms with E-state index >= 15 is 0 Å². The molecule has 0 aliphatic carbocycles. The van der Waals surface area contributed by atoms with Gasteiger partial charge in [-0.2, -0.15) is 4.98 Å². The van der Waals surface area contributed by atoms with E-state index in [2.05, 4.69) is 18.8 Å². The van der Waals surface area contributed by atoms with E-state index in [1.807, 2.05) is 0 Å². The zero-order chi connectivity index (χ0) is 42.6. The Morgan fingerprint density at radius 2 is 0.966 bits per heavy atom. The van der Waals surface area contributed by atoms with E-state index in [1.165, 1.54) is 192 Å². The second-order valence-corrected chi connectivity index (χ2v) is 17.5. The summed E-state index contributed by atoms with van der Waals surface area (Å²) in [6.45, 7) is 4.34. The molecule has 1 fully saturated rings. The van der Waals surface area contributed by atoms with Crippen LogP contribution in [0.15, 0.2) is 17.1 Å². The predicted octanol–water partition coefficient (Wildman–Crippen LogP) is 12.6. The van der Waals surface area contributed by atoms with Crippen molar-refractivity contribution in [2.75, 3.05) is 12.3 Å². The Labute approximate surface area is 359 Å². The Bertz CT molecular complexity index is 1230. The van der Waals surface area contributed by atoms with Gasteiger partial charge in [-0.25, -0.2) is 4.79 Å². The molecule has 0 unspecified atom stereocenters. The Kier molecular flexibility index (Phi) is 32.3. The van der Waals surface area contributed by atoms with E-state index in [0.29, 0.717) is 12.8 Å². The van der Waals surface area contributed by atoms with Gasteiger partial charge in [0.25, 0.3) is 0 Å². The minimum Gasteiger partial charge on any atom is -0.463 e. The number of carbonyl (C=O) groups excluding carboxylic acids is 2. The van der Waals surface area contributed by atoms with Crippen molar-refractivity contribution in [3.8, 4) is 0 Å². The molecule has 1 aliphatic rings. The molecule has 0 bridgehead atoms. The number of nitrogen functional groups attached to an aromatic ring is 1. The third-order valence-electron chi connectivity index (χ3n) is 12.1. The van der Waals surface area contributed by atoms with E-state index in [-0.39, 0.29) is 24.8 Å². The minimum absolute atomic E-state index is 0.0469. The van der Waals surface area contributed by atoms with Crippen molar-refractivity contribution in [2.24, 2.45) is 0 Å². The zero-order valence-electron chi connectivity index (χ0n) is 38.0. The number of anilines is 1. The Balaban J connectivity index is 1.59. The number of nitrogens with two attached hydrogens (primary N) is 1.